The minimum Gasteiger partial charge on any atom is -0.302 e. The quantitative estimate of drug-likeness (QED) is 0.494. The molecule has 0 radical (unpaired) electrons. The molecule has 1 heterocycles. The zero-order chi connectivity index (χ0) is 20.5. The fraction of sp³-hybridized carbons (Fsp3) is 0.250. The van der Waals surface area contributed by atoms with Gasteiger partial charge in [0.25, 0.3) is 11.8 Å². The van der Waals surface area contributed by atoms with E-state index in [0.717, 1.165) is 0 Å². The van der Waals surface area contributed by atoms with Crippen molar-refractivity contribution in [3.8, 4) is 0 Å². The van der Waals surface area contributed by atoms with Gasteiger partial charge in [0.2, 0.25) is 0 Å². The lowest BCUT2D eigenvalue weighted by Crippen LogP contribution is -2.29. The lowest BCUT2D eigenvalue weighted by molar-refractivity contribution is -0.0362. The number of hydrogen-bond acceptors (Lipinski definition) is 8. The van der Waals surface area contributed by atoms with E-state index in [1.165, 1.54) is 19.9 Å². The van der Waals surface area contributed by atoms with Gasteiger partial charge in [-0.3, -0.25) is 18.6 Å². The van der Waals surface area contributed by atoms with Gasteiger partial charge in [-0.2, -0.15) is 8.94 Å². The second-order valence-corrected chi connectivity index (χ2v) is 8.69. The molecule has 28 heavy (non-hydrogen) atoms. The molecule has 10 nitrogen and oxygen atoms in total. The maximum absolute atomic E-state index is 12.8. The molecule has 0 aromatic heterocycles. The predicted octanol–water partition coefficient (Wildman–Crippen LogP) is 3.67. The van der Waals surface area contributed by atoms with E-state index in [1.807, 2.05) is 0 Å². The molecule has 3 rings (SSSR count). The number of benzene rings is 2. The number of phosphoric acid groups is 2. The van der Waals surface area contributed by atoms with E-state index >= 15 is 0 Å². The molecule has 0 fully saturated rings. The van der Waals surface area contributed by atoms with Crippen LogP contribution >= 0.6 is 15.6 Å². The molecule has 2 aromatic carbocycles. The third-order valence-corrected chi connectivity index (χ3v) is 6.85. The highest BCUT2D eigenvalue weighted by Crippen LogP contribution is 2.64. The van der Waals surface area contributed by atoms with Gasteiger partial charge in [-0.25, -0.2) is 9.13 Å². The lowest BCUT2D eigenvalue weighted by Gasteiger charge is -2.22. The van der Waals surface area contributed by atoms with Crippen LogP contribution in [0.15, 0.2) is 36.4 Å². The molecule has 12 heteroatoms. The number of hydrogen-bond donors (Lipinski definition) is 1. The van der Waals surface area contributed by atoms with Gasteiger partial charge in [0.05, 0.1) is 24.3 Å². The lowest BCUT2D eigenvalue weighted by atomic mass is 10.0. The van der Waals surface area contributed by atoms with Crippen molar-refractivity contribution < 1.29 is 41.6 Å². The molecule has 2 aromatic rings. The molecule has 0 saturated carbocycles. The number of fused-ring (bicyclic) bond motifs is 3. The van der Waals surface area contributed by atoms with Crippen molar-refractivity contribution in [2.45, 2.75) is 13.8 Å². The maximum Gasteiger partial charge on any atom is 0.505 e. The van der Waals surface area contributed by atoms with Gasteiger partial charge in [-0.1, -0.05) is 30.3 Å². The Labute approximate surface area is 160 Å². The van der Waals surface area contributed by atoms with Crippen molar-refractivity contribution in [3.63, 3.8) is 0 Å². The molecule has 1 aliphatic rings. The Bertz CT molecular complexity index is 1040. The van der Waals surface area contributed by atoms with Crippen LogP contribution < -0.4 is 0 Å². The van der Waals surface area contributed by atoms with Gasteiger partial charge < -0.3 is 4.89 Å². The van der Waals surface area contributed by atoms with Crippen molar-refractivity contribution in [1.29, 1.82) is 0 Å². The van der Waals surface area contributed by atoms with Gasteiger partial charge in [0, 0.05) is 0 Å². The Morgan fingerprint density at radius 1 is 0.964 bits per heavy atom. The number of nitrogens with zero attached hydrogens (tertiary/aromatic N) is 1. The first-order chi connectivity index (χ1) is 13.2. The smallest absolute Gasteiger partial charge is 0.302 e. The summed E-state index contributed by atoms with van der Waals surface area (Å²) < 4.78 is 43.3. The fourth-order valence-corrected chi connectivity index (χ4v) is 5.24. The van der Waals surface area contributed by atoms with Crippen LogP contribution in [0.4, 0.5) is 0 Å². The van der Waals surface area contributed by atoms with Crippen LogP contribution in [-0.4, -0.2) is 35.0 Å². The van der Waals surface area contributed by atoms with Crippen molar-refractivity contribution in [1.82, 2.24) is 5.06 Å². The second-order valence-electron chi connectivity index (χ2n) is 5.53. The third kappa shape index (κ3) is 3.94. The van der Waals surface area contributed by atoms with Crippen molar-refractivity contribution in [2.75, 3.05) is 13.2 Å². The highest BCUT2D eigenvalue weighted by atomic mass is 31.3. The molecule has 1 N–H and O–H groups in total. The van der Waals surface area contributed by atoms with E-state index in [0.29, 0.717) is 10.8 Å². The van der Waals surface area contributed by atoms with Gasteiger partial charge in [0.15, 0.2) is 0 Å². The molecule has 2 unspecified atom stereocenters. The Morgan fingerprint density at radius 3 is 2.32 bits per heavy atom. The number of carbonyl (C=O) groups excluding carboxylic acids is 2. The van der Waals surface area contributed by atoms with Crippen LogP contribution in [-0.2, 0) is 27.1 Å². The van der Waals surface area contributed by atoms with Crippen LogP contribution in [0.25, 0.3) is 10.8 Å². The highest BCUT2D eigenvalue weighted by Gasteiger charge is 2.47. The average molecular weight is 429 g/mol. The number of phosphoric ester groups is 1. The van der Waals surface area contributed by atoms with Crippen LogP contribution in [0.3, 0.4) is 0 Å². The summed E-state index contributed by atoms with van der Waals surface area (Å²) in [6, 6.07) is 9.97. The summed E-state index contributed by atoms with van der Waals surface area (Å²) in [5.41, 5.74) is 0.0897. The van der Waals surface area contributed by atoms with Gasteiger partial charge in [0.1, 0.15) is 0 Å². The molecule has 2 amide bonds. The molecule has 0 spiro atoms. The fourth-order valence-electron chi connectivity index (χ4n) is 2.69. The van der Waals surface area contributed by atoms with Crippen LogP contribution in [0, 0.1) is 0 Å². The Morgan fingerprint density at radius 2 is 1.64 bits per heavy atom. The minimum absolute atomic E-state index is 0.0312. The molecule has 0 aliphatic carbocycles. The summed E-state index contributed by atoms with van der Waals surface area (Å²) >= 11 is 0. The van der Waals surface area contributed by atoms with Crippen molar-refractivity contribution in [2.24, 2.45) is 0 Å². The molecular formula is C16H17NO9P2. The van der Waals surface area contributed by atoms with Crippen LogP contribution in [0.2, 0.25) is 0 Å². The van der Waals surface area contributed by atoms with Gasteiger partial charge in [-0.05, 0) is 30.7 Å². The summed E-state index contributed by atoms with van der Waals surface area (Å²) in [7, 11) is -9.65. The summed E-state index contributed by atoms with van der Waals surface area (Å²) in [6.07, 6.45) is 0. The Balaban J connectivity index is 1.96. The van der Waals surface area contributed by atoms with Crippen molar-refractivity contribution in [3.05, 3.63) is 47.5 Å². The minimum atomic E-state index is -4.84. The van der Waals surface area contributed by atoms with Crippen molar-refractivity contribution >= 4 is 38.2 Å². The standard InChI is InChI=1S/C16H17NO9P2/c1-3-23-27(20,21)26-28(22,24-4-2)25-17-15(18)13-10-9-11-7-5-6-8-12(11)14(13)16(17)19/h5-10H,3-4H2,1-2H3,(H,20,21). The van der Waals surface area contributed by atoms with E-state index in [-0.39, 0.29) is 29.4 Å². The van der Waals surface area contributed by atoms with E-state index in [2.05, 4.69) is 8.83 Å². The molecule has 0 bridgehead atoms. The number of amides is 2. The largest absolute Gasteiger partial charge is 0.505 e. The van der Waals surface area contributed by atoms with E-state index in [9.17, 15) is 23.6 Å². The highest BCUT2D eigenvalue weighted by molar-refractivity contribution is 7.61. The first kappa shape index (κ1) is 20.8. The van der Waals surface area contributed by atoms with E-state index < -0.39 is 27.5 Å². The monoisotopic (exact) mass is 429 g/mol. The number of imide groups is 1. The SMILES string of the molecule is CCOP(=O)(O)OP(=O)(OCC)ON1C(=O)c2ccc3ccccc3c2C1=O. The van der Waals surface area contributed by atoms with Gasteiger partial charge in [-0.15, -0.1) is 5.06 Å². The molecular weight excluding hydrogens is 412 g/mol. The predicted molar refractivity (Wildman–Crippen MR) is 97.3 cm³/mol. The average Bonchev–Trinajstić information content (AvgIpc) is 2.86. The van der Waals surface area contributed by atoms with Crippen LogP contribution in [0.5, 0.6) is 0 Å². The van der Waals surface area contributed by atoms with Gasteiger partial charge >= 0.3 is 15.6 Å². The number of hydroxylamine groups is 2. The first-order valence-electron chi connectivity index (χ1n) is 8.25. The molecule has 1 aliphatic heterocycles. The third-order valence-electron chi connectivity index (χ3n) is 3.71. The summed E-state index contributed by atoms with van der Waals surface area (Å²) in [6.45, 7) is 2.35. The molecule has 0 saturated heterocycles. The summed E-state index contributed by atoms with van der Waals surface area (Å²) in [5.74, 6) is -1.80. The van der Waals surface area contributed by atoms with E-state index in [4.69, 9.17) is 9.15 Å². The molecule has 150 valence electrons. The Hall–Kier alpha value is -1.90. The molecule has 2 atom stereocenters. The summed E-state index contributed by atoms with van der Waals surface area (Å²) in [4.78, 5) is 35.0. The first-order valence-corrected chi connectivity index (χ1v) is 11.2. The zero-order valence-corrected chi connectivity index (χ0v) is 16.7. The number of carbonyl (C=O) groups is 2. The summed E-state index contributed by atoms with van der Waals surface area (Å²) in [5, 5.41) is 1.42. The maximum atomic E-state index is 12.8. The number of rotatable bonds is 8. The second kappa shape index (κ2) is 7.85. The van der Waals surface area contributed by atoms with Crippen LogP contribution in [0.1, 0.15) is 34.6 Å². The zero-order valence-electron chi connectivity index (χ0n) is 14.9. The Kier molecular flexibility index (Phi) is 5.84. The topological polar surface area (TPSA) is 129 Å². The normalized spacial score (nSPS) is 18.2. The van der Waals surface area contributed by atoms with E-state index in [1.54, 1.807) is 30.3 Å².